The molecule has 0 radical (unpaired) electrons. The van der Waals surface area contributed by atoms with E-state index in [2.05, 4.69) is 10.2 Å². The predicted molar refractivity (Wildman–Crippen MR) is 88.1 cm³/mol. The average Bonchev–Trinajstić information content (AvgIpc) is 3.27. The van der Waals surface area contributed by atoms with E-state index in [4.69, 9.17) is 13.6 Å². The Morgan fingerprint density at radius 1 is 1.04 bits per heavy atom. The number of benzene rings is 2. The van der Waals surface area contributed by atoms with Crippen LogP contribution in [0.3, 0.4) is 0 Å². The zero-order valence-electron chi connectivity index (χ0n) is 13.0. The smallest absolute Gasteiger partial charge is 0.283 e. The van der Waals surface area contributed by atoms with Gasteiger partial charge in [-0.25, -0.2) is 0 Å². The maximum atomic E-state index is 10.9. The standard InChI is InChI=1S/C17H11N3O5/c1-23-13-4-2-3-10(8-13)16-18-19-17(25-16)15-9-11-7-12(20(21)22)5-6-14(11)24-15/h2-9H,1H3. The molecule has 0 unspecified atom stereocenters. The monoisotopic (exact) mass is 337 g/mol. The lowest BCUT2D eigenvalue weighted by atomic mass is 10.2. The Hall–Kier alpha value is -3.68. The maximum Gasteiger partial charge on any atom is 0.283 e. The molecule has 2 heterocycles. The van der Waals surface area contributed by atoms with Crippen molar-refractivity contribution in [3.8, 4) is 28.9 Å². The fraction of sp³-hybridized carbons (Fsp3) is 0.0588. The first-order valence-corrected chi connectivity index (χ1v) is 7.30. The molecule has 0 fully saturated rings. The van der Waals surface area contributed by atoms with Crippen molar-refractivity contribution in [2.75, 3.05) is 7.11 Å². The van der Waals surface area contributed by atoms with Gasteiger partial charge < -0.3 is 13.6 Å². The van der Waals surface area contributed by atoms with Crippen LogP contribution in [-0.2, 0) is 0 Å². The van der Waals surface area contributed by atoms with Gasteiger partial charge in [0.15, 0.2) is 5.76 Å². The van der Waals surface area contributed by atoms with Crippen molar-refractivity contribution in [1.82, 2.24) is 10.2 Å². The van der Waals surface area contributed by atoms with E-state index in [0.717, 1.165) is 0 Å². The highest BCUT2D eigenvalue weighted by Crippen LogP contribution is 2.31. The highest BCUT2D eigenvalue weighted by atomic mass is 16.6. The van der Waals surface area contributed by atoms with Gasteiger partial charge in [-0.15, -0.1) is 10.2 Å². The first-order valence-electron chi connectivity index (χ1n) is 7.30. The third-order valence-corrected chi connectivity index (χ3v) is 3.66. The third kappa shape index (κ3) is 2.69. The van der Waals surface area contributed by atoms with E-state index in [1.54, 1.807) is 19.2 Å². The molecule has 4 rings (SSSR count). The summed E-state index contributed by atoms with van der Waals surface area (Å²) < 4.78 is 16.5. The molecule has 0 saturated carbocycles. The van der Waals surface area contributed by atoms with Gasteiger partial charge in [0, 0.05) is 23.1 Å². The van der Waals surface area contributed by atoms with Crippen molar-refractivity contribution >= 4 is 16.7 Å². The minimum atomic E-state index is -0.459. The quantitative estimate of drug-likeness (QED) is 0.408. The number of aromatic nitrogens is 2. The minimum absolute atomic E-state index is 0.0116. The number of furan rings is 1. The number of hydrogen-bond donors (Lipinski definition) is 0. The van der Waals surface area contributed by atoms with E-state index in [1.807, 2.05) is 18.2 Å². The van der Waals surface area contributed by atoms with Crippen molar-refractivity contribution in [1.29, 1.82) is 0 Å². The third-order valence-electron chi connectivity index (χ3n) is 3.66. The summed E-state index contributed by atoms with van der Waals surface area (Å²) in [5, 5.41) is 19.4. The predicted octanol–water partition coefficient (Wildman–Crippen LogP) is 4.07. The van der Waals surface area contributed by atoms with Gasteiger partial charge in [0.2, 0.25) is 5.89 Å². The van der Waals surface area contributed by atoms with Crippen molar-refractivity contribution in [3.63, 3.8) is 0 Å². The van der Waals surface area contributed by atoms with Gasteiger partial charge >= 0.3 is 0 Å². The Morgan fingerprint density at radius 3 is 2.68 bits per heavy atom. The fourth-order valence-corrected chi connectivity index (χ4v) is 2.45. The Kier molecular flexibility index (Phi) is 3.42. The molecule has 0 amide bonds. The van der Waals surface area contributed by atoms with Crippen LogP contribution in [0.4, 0.5) is 5.69 Å². The zero-order valence-corrected chi connectivity index (χ0v) is 13.0. The molecule has 0 aliphatic heterocycles. The lowest BCUT2D eigenvalue weighted by Crippen LogP contribution is -1.85. The first kappa shape index (κ1) is 14.9. The van der Waals surface area contributed by atoms with Crippen molar-refractivity contribution in [2.24, 2.45) is 0 Å². The summed E-state index contributed by atoms with van der Waals surface area (Å²) in [7, 11) is 1.58. The van der Waals surface area contributed by atoms with Crippen LogP contribution in [0, 0.1) is 10.1 Å². The minimum Gasteiger partial charge on any atom is -0.497 e. The van der Waals surface area contributed by atoms with Crippen molar-refractivity contribution in [2.45, 2.75) is 0 Å². The molecule has 0 bridgehead atoms. The number of hydrogen-bond acceptors (Lipinski definition) is 7. The molecule has 25 heavy (non-hydrogen) atoms. The second kappa shape index (κ2) is 5.75. The van der Waals surface area contributed by atoms with Crippen LogP contribution in [0.25, 0.3) is 34.1 Å². The highest BCUT2D eigenvalue weighted by molar-refractivity contribution is 5.83. The summed E-state index contributed by atoms with van der Waals surface area (Å²) >= 11 is 0. The van der Waals surface area contributed by atoms with Crippen LogP contribution in [0.5, 0.6) is 5.75 Å². The summed E-state index contributed by atoms with van der Waals surface area (Å²) in [5.41, 5.74) is 1.20. The number of nitrogens with zero attached hydrogens (tertiary/aromatic N) is 3. The second-order valence-electron chi connectivity index (χ2n) is 5.23. The summed E-state index contributed by atoms with van der Waals surface area (Å²) in [4.78, 5) is 10.4. The largest absolute Gasteiger partial charge is 0.497 e. The lowest BCUT2D eigenvalue weighted by Gasteiger charge is -1.99. The molecule has 4 aromatic rings. The number of fused-ring (bicyclic) bond motifs is 1. The Balaban J connectivity index is 1.72. The number of nitro benzene ring substituents is 1. The number of rotatable bonds is 4. The molecule has 8 heteroatoms. The molecule has 2 aromatic carbocycles. The molecular weight excluding hydrogens is 326 g/mol. The van der Waals surface area contributed by atoms with E-state index >= 15 is 0 Å². The van der Waals surface area contributed by atoms with Crippen LogP contribution in [0.2, 0.25) is 0 Å². The topological polar surface area (TPSA) is 104 Å². The summed E-state index contributed by atoms with van der Waals surface area (Å²) in [5.74, 6) is 1.53. The summed E-state index contributed by atoms with van der Waals surface area (Å²) in [6.45, 7) is 0. The number of ether oxygens (including phenoxy) is 1. The molecule has 0 atom stereocenters. The van der Waals surface area contributed by atoms with E-state index in [1.165, 1.54) is 18.2 Å². The van der Waals surface area contributed by atoms with Crippen LogP contribution in [0.15, 0.2) is 57.4 Å². The maximum absolute atomic E-state index is 10.9. The normalized spacial score (nSPS) is 10.9. The SMILES string of the molecule is COc1cccc(-c2nnc(-c3cc4cc([N+](=O)[O-])ccc4o3)o2)c1. The molecule has 0 aliphatic rings. The molecule has 0 spiro atoms. The highest BCUT2D eigenvalue weighted by Gasteiger charge is 2.16. The zero-order chi connectivity index (χ0) is 17.4. The van der Waals surface area contributed by atoms with Crippen LogP contribution in [0.1, 0.15) is 0 Å². The van der Waals surface area contributed by atoms with Crippen molar-refractivity contribution in [3.05, 3.63) is 58.6 Å². The Morgan fingerprint density at radius 2 is 1.88 bits per heavy atom. The van der Waals surface area contributed by atoms with Gasteiger partial charge in [0.05, 0.1) is 12.0 Å². The van der Waals surface area contributed by atoms with Gasteiger partial charge in [-0.05, 0) is 30.3 Å². The van der Waals surface area contributed by atoms with Crippen LogP contribution < -0.4 is 4.74 Å². The summed E-state index contributed by atoms with van der Waals surface area (Å²) in [6, 6.07) is 13.2. The van der Waals surface area contributed by atoms with Gasteiger partial charge in [-0.2, -0.15) is 0 Å². The van der Waals surface area contributed by atoms with Crippen molar-refractivity contribution < 1.29 is 18.5 Å². The number of methoxy groups -OCH3 is 1. The van der Waals surface area contributed by atoms with Crippen LogP contribution >= 0.6 is 0 Å². The van der Waals surface area contributed by atoms with E-state index < -0.39 is 4.92 Å². The number of nitro groups is 1. The van der Waals surface area contributed by atoms with Gasteiger partial charge in [-0.1, -0.05) is 6.07 Å². The fourth-order valence-electron chi connectivity index (χ4n) is 2.45. The van der Waals surface area contributed by atoms with E-state index in [9.17, 15) is 10.1 Å². The Labute approximate surface area is 140 Å². The molecule has 124 valence electrons. The first-order chi connectivity index (χ1) is 12.1. The molecular formula is C17H11N3O5. The molecule has 0 N–H and O–H groups in total. The van der Waals surface area contributed by atoms with Gasteiger partial charge in [-0.3, -0.25) is 10.1 Å². The lowest BCUT2D eigenvalue weighted by molar-refractivity contribution is -0.384. The van der Waals surface area contributed by atoms with Crippen LogP contribution in [-0.4, -0.2) is 22.2 Å². The molecule has 0 saturated heterocycles. The molecule has 2 aromatic heterocycles. The second-order valence-corrected chi connectivity index (χ2v) is 5.23. The molecule has 8 nitrogen and oxygen atoms in total. The summed E-state index contributed by atoms with van der Waals surface area (Å²) in [6.07, 6.45) is 0. The van der Waals surface area contributed by atoms with E-state index in [-0.39, 0.29) is 11.6 Å². The number of non-ortho nitro benzene ring substituents is 1. The molecule has 0 aliphatic carbocycles. The average molecular weight is 337 g/mol. The van der Waals surface area contributed by atoms with E-state index in [0.29, 0.717) is 33.9 Å². The van der Waals surface area contributed by atoms with Gasteiger partial charge in [0.1, 0.15) is 11.3 Å². The Bertz CT molecular complexity index is 1080. The van der Waals surface area contributed by atoms with Gasteiger partial charge in [0.25, 0.3) is 11.6 Å².